The zero-order chi connectivity index (χ0) is 7.78. The van der Waals surface area contributed by atoms with Gasteiger partial charge >= 0.3 is 0 Å². The Kier molecular flexibility index (Phi) is 11.3. The van der Waals surface area contributed by atoms with Crippen molar-refractivity contribution in [1.29, 1.82) is 0 Å². The van der Waals surface area contributed by atoms with Crippen LogP contribution in [-0.4, -0.2) is 8.07 Å². The summed E-state index contributed by atoms with van der Waals surface area (Å²) in [5.41, 5.74) is 1.40. The van der Waals surface area contributed by atoms with Crippen molar-refractivity contribution in [2.75, 3.05) is 0 Å². The van der Waals surface area contributed by atoms with E-state index >= 15 is 0 Å². The smallest absolute Gasteiger partial charge is 0 e. The number of rotatable bonds is 1. The second kappa shape index (κ2) is 7.45. The summed E-state index contributed by atoms with van der Waals surface area (Å²) in [7, 11) is -1.03. The summed E-state index contributed by atoms with van der Waals surface area (Å²) < 4.78 is 0. The molecule has 0 aliphatic heterocycles. The summed E-state index contributed by atoms with van der Waals surface area (Å²) in [5, 5.41) is 1.60. The molecule has 0 fully saturated rings. The van der Waals surface area contributed by atoms with Crippen LogP contribution in [0.15, 0.2) is 16.8 Å². The van der Waals surface area contributed by atoms with Gasteiger partial charge < -0.3 is 0 Å². The molecule has 0 aromatic carbocycles. The summed E-state index contributed by atoms with van der Waals surface area (Å²) >= 11 is 0. The summed E-state index contributed by atoms with van der Waals surface area (Å²) in [6.45, 7) is 9.33. The van der Waals surface area contributed by atoms with E-state index in [-0.39, 0.29) is 51.0 Å². The Labute approximate surface area is 114 Å². The number of hydrogen-bond acceptors (Lipinski definition) is 0. The molecule has 0 saturated carbocycles. The first kappa shape index (κ1) is 19.7. The molecule has 0 saturated heterocycles. The van der Waals surface area contributed by atoms with Crippen molar-refractivity contribution in [3.63, 3.8) is 0 Å². The first-order valence-corrected chi connectivity index (χ1v) is 7.30. The standard InChI is InChI=1S/C9H15Si.2ClH.Zr/c1-8-6-5-7-9(8)10(2,3)4;;;/h7H,5H2,1-4H3;2*1H;/q-1;;;. The topological polar surface area (TPSA) is 0 Å². The Balaban J connectivity index is -0.000000333. The Bertz CT molecular complexity index is 204. The summed E-state index contributed by atoms with van der Waals surface area (Å²) in [6, 6.07) is 0. The third-order valence-corrected chi connectivity index (χ3v) is 4.08. The van der Waals surface area contributed by atoms with Gasteiger partial charge in [0.1, 0.15) is 0 Å². The van der Waals surface area contributed by atoms with Gasteiger partial charge in [-0.25, -0.2) is 10.8 Å². The molecule has 1 aliphatic rings. The van der Waals surface area contributed by atoms with Gasteiger partial charge in [0.25, 0.3) is 0 Å². The third kappa shape index (κ3) is 5.57. The third-order valence-electron chi connectivity index (χ3n) is 1.89. The van der Waals surface area contributed by atoms with E-state index in [9.17, 15) is 0 Å². The molecular formula is C9H17Cl2SiZr-. The van der Waals surface area contributed by atoms with Crippen LogP contribution in [0, 0.1) is 6.08 Å². The Morgan fingerprint density at radius 3 is 1.85 bits per heavy atom. The van der Waals surface area contributed by atoms with Crippen LogP contribution in [0.1, 0.15) is 13.3 Å². The van der Waals surface area contributed by atoms with E-state index in [2.05, 4.69) is 38.7 Å². The minimum Gasteiger partial charge on any atom is -0.270 e. The molecule has 0 unspecified atom stereocenters. The van der Waals surface area contributed by atoms with Crippen molar-refractivity contribution in [2.24, 2.45) is 0 Å². The van der Waals surface area contributed by atoms with E-state index in [4.69, 9.17) is 0 Å². The van der Waals surface area contributed by atoms with Crippen LogP contribution >= 0.6 is 24.8 Å². The maximum absolute atomic E-state index is 3.33. The minimum absolute atomic E-state index is 0. The molecule has 0 aromatic heterocycles. The maximum atomic E-state index is 3.33. The van der Waals surface area contributed by atoms with Crippen LogP contribution in [0.3, 0.4) is 0 Å². The molecule has 76 valence electrons. The molecule has 4 heteroatoms. The van der Waals surface area contributed by atoms with Crippen LogP contribution in [0.4, 0.5) is 0 Å². The van der Waals surface area contributed by atoms with Gasteiger partial charge in [-0.2, -0.15) is 6.08 Å². The minimum atomic E-state index is -1.03. The molecule has 0 radical (unpaired) electrons. The molecule has 0 heterocycles. The Morgan fingerprint density at radius 1 is 1.23 bits per heavy atom. The predicted molar refractivity (Wildman–Crippen MR) is 63.0 cm³/mol. The summed E-state index contributed by atoms with van der Waals surface area (Å²) in [5.74, 6) is 0. The van der Waals surface area contributed by atoms with E-state index in [1.54, 1.807) is 5.20 Å². The van der Waals surface area contributed by atoms with Crippen molar-refractivity contribution in [1.82, 2.24) is 0 Å². The first-order chi connectivity index (χ1) is 4.52. The van der Waals surface area contributed by atoms with Gasteiger partial charge in [0, 0.05) is 26.2 Å². The average molecular weight is 315 g/mol. The molecule has 1 rings (SSSR count). The molecule has 0 aromatic rings. The average Bonchev–Trinajstić information content (AvgIpc) is 2.11. The zero-order valence-corrected chi connectivity index (χ0v) is 13.7. The first-order valence-electron chi connectivity index (χ1n) is 3.80. The number of halogens is 2. The van der Waals surface area contributed by atoms with Gasteiger partial charge in [-0.15, -0.1) is 31.2 Å². The molecule has 13 heavy (non-hydrogen) atoms. The monoisotopic (exact) mass is 313 g/mol. The SMILES string of the molecule is CC1=[C-]CC=C1[Si](C)(C)C.Cl.Cl.[Zr]. The molecule has 1 aliphatic carbocycles. The van der Waals surface area contributed by atoms with Gasteiger partial charge in [-0.3, -0.25) is 6.08 Å². The van der Waals surface area contributed by atoms with Crippen molar-refractivity contribution in [3.8, 4) is 0 Å². The van der Waals surface area contributed by atoms with Crippen LogP contribution in [0.25, 0.3) is 0 Å². The maximum Gasteiger partial charge on any atom is 0 e. The molecule has 0 nitrogen and oxygen atoms in total. The van der Waals surface area contributed by atoms with Crippen molar-refractivity contribution in [3.05, 3.63) is 22.9 Å². The largest absolute Gasteiger partial charge is 0.270 e. The predicted octanol–water partition coefficient (Wildman–Crippen LogP) is 3.78. The number of hydrogen-bond donors (Lipinski definition) is 0. The van der Waals surface area contributed by atoms with Gasteiger partial charge in [-0.05, 0) is 8.07 Å². The van der Waals surface area contributed by atoms with Gasteiger partial charge in [0.2, 0.25) is 0 Å². The van der Waals surface area contributed by atoms with Crippen molar-refractivity contribution in [2.45, 2.75) is 33.0 Å². The van der Waals surface area contributed by atoms with Crippen molar-refractivity contribution >= 4 is 32.9 Å². The second-order valence-electron chi connectivity index (χ2n) is 3.87. The fourth-order valence-electron chi connectivity index (χ4n) is 1.42. The molecule has 0 spiro atoms. The molecule has 0 atom stereocenters. The molecular weight excluding hydrogens is 298 g/mol. The fourth-order valence-corrected chi connectivity index (χ4v) is 3.35. The van der Waals surface area contributed by atoms with E-state index in [0.29, 0.717) is 0 Å². The van der Waals surface area contributed by atoms with Crippen LogP contribution in [-0.2, 0) is 26.2 Å². The van der Waals surface area contributed by atoms with Crippen LogP contribution in [0.2, 0.25) is 19.6 Å². The number of allylic oxidation sites excluding steroid dienone is 4. The van der Waals surface area contributed by atoms with Crippen LogP contribution in [0.5, 0.6) is 0 Å². The van der Waals surface area contributed by atoms with Crippen LogP contribution < -0.4 is 0 Å². The van der Waals surface area contributed by atoms with Gasteiger partial charge in [0.05, 0.1) is 0 Å². The van der Waals surface area contributed by atoms with Gasteiger partial charge in [0.15, 0.2) is 0 Å². The zero-order valence-electron chi connectivity index (χ0n) is 8.60. The molecule has 0 amide bonds. The quantitative estimate of drug-likeness (QED) is 0.510. The Hall–Kier alpha value is 1.16. The van der Waals surface area contributed by atoms with Crippen molar-refractivity contribution < 1.29 is 26.2 Å². The summed E-state index contributed by atoms with van der Waals surface area (Å²) in [6.07, 6.45) is 6.72. The van der Waals surface area contributed by atoms with E-state index in [1.807, 2.05) is 0 Å². The summed E-state index contributed by atoms with van der Waals surface area (Å²) in [4.78, 5) is 0. The van der Waals surface area contributed by atoms with E-state index in [0.717, 1.165) is 6.42 Å². The Morgan fingerprint density at radius 2 is 1.69 bits per heavy atom. The van der Waals surface area contributed by atoms with E-state index < -0.39 is 8.07 Å². The molecule has 0 N–H and O–H groups in total. The second-order valence-corrected chi connectivity index (χ2v) is 8.91. The normalized spacial score (nSPS) is 14.5. The van der Waals surface area contributed by atoms with Gasteiger partial charge in [-0.1, -0.05) is 26.6 Å². The van der Waals surface area contributed by atoms with E-state index in [1.165, 1.54) is 5.57 Å². The molecule has 0 bridgehead atoms. The fraction of sp³-hybridized carbons (Fsp3) is 0.556.